The standard InChI is InChI=1S/C14H28N2O2S/c1-12(2)15-9-11-19(17,18)16-10-5-8-14(16)13-6-3-4-7-13/h12-15H,3-11H2,1-2H3. The van der Waals surface area contributed by atoms with Crippen molar-refractivity contribution in [3.63, 3.8) is 0 Å². The summed E-state index contributed by atoms with van der Waals surface area (Å²) in [5, 5.41) is 3.20. The van der Waals surface area contributed by atoms with Crippen molar-refractivity contribution in [1.29, 1.82) is 0 Å². The molecule has 4 nitrogen and oxygen atoms in total. The second-order valence-corrected chi connectivity index (χ2v) is 8.33. The fourth-order valence-corrected chi connectivity index (χ4v) is 5.23. The van der Waals surface area contributed by atoms with Crippen molar-refractivity contribution in [2.24, 2.45) is 5.92 Å². The van der Waals surface area contributed by atoms with E-state index in [1.54, 1.807) is 0 Å². The van der Waals surface area contributed by atoms with E-state index in [2.05, 4.69) is 5.32 Å². The molecule has 1 heterocycles. The maximum atomic E-state index is 12.5. The van der Waals surface area contributed by atoms with Crippen LogP contribution in [-0.2, 0) is 10.0 Å². The molecule has 1 aliphatic carbocycles. The summed E-state index contributed by atoms with van der Waals surface area (Å²) in [6.07, 6.45) is 7.12. The molecule has 2 fully saturated rings. The van der Waals surface area contributed by atoms with Gasteiger partial charge in [-0.25, -0.2) is 8.42 Å². The van der Waals surface area contributed by atoms with Crippen LogP contribution in [0.1, 0.15) is 52.4 Å². The highest BCUT2D eigenvalue weighted by atomic mass is 32.2. The third-order valence-electron chi connectivity index (χ3n) is 4.46. The van der Waals surface area contributed by atoms with Gasteiger partial charge in [-0.05, 0) is 31.6 Å². The zero-order chi connectivity index (χ0) is 13.9. The quantitative estimate of drug-likeness (QED) is 0.813. The molecule has 0 aromatic rings. The molecule has 1 atom stereocenters. The van der Waals surface area contributed by atoms with Gasteiger partial charge in [0.2, 0.25) is 10.0 Å². The Morgan fingerprint density at radius 2 is 1.84 bits per heavy atom. The minimum Gasteiger partial charge on any atom is -0.313 e. The maximum absolute atomic E-state index is 12.5. The molecule has 1 saturated carbocycles. The summed E-state index contributed by atoms with van der Waals surface area (Å²) in [7, 11) is -3.07. The smallest absolute Gasteiger partial charge is 0.215 e. The minimum absolute atomic E-state index is 0.244. The lowest BCUT2D eigenvalue weighted by Gasteiger charge is -2.28. The van der Waals surface area contributed by atoms with Gasteiger partial charge >= 0.3 is 0 Å². The summed E-state index contributed by atoms with van der Waals surface area (Å²) in [4.78, 5) is 0. The lowest BCUT2D eigenvalue weighted by Crippen LogP contribution is -2.42. The van der Waals surface area contributed by atoms with Gasteiger partial charge < -0.3 is 5.32 Å². The van der Waals surface area contributed by atoms with Crippen molar-refractivity contribution in [3.05, 3.63) is 0 Å². The van der Waals surface area contributed by atoms with E-state index in [4.69, 9.17) is 0 Å². The highest BCUT2D eigenvalue weighted by Gasteiger charge is 2.39. The number of nitrogens with one attached hydrogen (secondary N) is 1. The van der Waals surface area contributed by atoms with Gasteiger partial charge in [0.25, 0.3) is 0 Å². The van der Waals surface area contributed by atoms with E-state index in [1.807, 2.05) is 18.2 Å². The van der Waals surface area contributed by atoms with Crippen LogP contribution in [0.15, 0.2) is 0 Å². The van der Waals surface area contributed by atoms with E-state index < -0.39 is 10.0 Å². The molecular formula is C14H28N2O2S. The summed E-state index contributed by atoms with van der Waals surface area (Å²) in [5.74, 6) is 0.865. The van der Waals surface area contributed by atoms with Crippen LogP contribution >= 0.6 is 0 Å². The molecule has 0 aromatic heterocycles. The number of rotatable bonds is 6. The molecule has 0 amide bonds. The Bertz CT molecular complexity index is 375. The van der Waals surface area contributed by atoms with Gasteiger partial charge in [0.1, 0.15) is 0 Å². The monoisotopic (exact) mass is 288 g/mol. The number of hydrogen-bond donors (Lipinski definition) is 1. The van der Waals surface area contributed by atoms with Crippen molar-refractivity contribution >= 4 is 10.0 Å². The van der Waals surface area contributed by atoms with Crippen LogP contribution in [0.5, 0.6) is 0 Å². The number of nitrogens with zero attached hydrogens (tertiary/aromatic N) is 1. The molecule has 112 valence electrons. The van der Waals surface area contributed by atoms with E-state index in [0.717, 1.165) is 19.4 Å². The molecule has 2 rings (SSSR count). The normalized spacial score (nSPS) is 26.6. The van der Waals surface area contributed by atoms with Crippen LogP contribution in [0.25, 0.3) is 0 Å². The van der Waals surface area contributed by atoms with Crippen molar-refractivity contribution < 1.29 is 8.42 Å². The minimum atomic E-state index is -3.07. The Morgan fingerprint density at radius 3 is 2.47 bits per heavy atom. The number of sulfonamides is 1. The third kappa shape index (κ3) is 3.92. The van der Waals surface area contributed by atoms with Gasteiger partial charge in [-0.3, -0.25) is 0 Å². The zero-order valence-electron chi connectivity index (χ0n) is 12.3. The molecule has 1 unspecified atom stereocenters. The van der Waals surface area contributed by atoms with Crippen molar-refractivity contribution in [2.45, 2.75) is 64.5 Å². The molecule has 0 bridgehead atoms. The SMILES string of the molecule is CC(C)NCCS(=O)(=O)N1CCCC1C1CCCC1. The summed E-state index contributed by atoms with van der Waals surface area (Å²) in [6, 6.07) is 0.644. The molecule has 1 aliphatic heterocycles. The fourth-order valence-electron chi connectivity index (χ4n) is 3.52. The van der Waals surface area contributed by atoms with Crippen LogP contribution in [0.2, 0.25) is 0 Å². The fraction of sp³-hybridized carbons (Fsp3) is 1.00. The lowest BCUT2D eigenvalue weighted by atomic mass is 9.97. The molecule has 5 heteroatoms. The molecule has 0 radical (unpaired) electrons. The maximum Gasteiger partial charge on any atom is 0.215 e. The highest BCUT2D eigenvalue weighted by Crippen LogP contribution is 2.36. The first-order valence-electron chi connectivity index (χ1n) is 7.73. The van der Waals surface area contributed by atoms with Crippen LogP contribution in [0.4, 0.5) is 0 Å². The van der Waals surface area contributed by atoms with Gasteiger partial charge in [-0.1, -0.05) is 26.7 Å². The van der Waals surface area contributed by atoms with Gasteiger partial charge in [0.05, 0.1) is 5.75 Å². The molecule has 0 aromatic carbocycles. The average molecular weight is 288 g/mol. The summed E-state index contributed by atoms with van der Waals surface area (Å²) in [5.41, 5.74) is 0. The van der Waals surface area contributed by atoms with Gasteiger partial charge in [0, 0.05) is 25.2 Å². The van der Waals surface area contributed by atoms with Gasteiger partial charge in [0.15, 0.2) is 0 Å². The van der Waals surface area contributed by atoms with Gasteiger partial charge in [-0.2, -0.15) is 4.31 Å². The predicted molar refractivity (Wildman–Crippen MR) is 78.6 cm³/mol. The first-order valence-corrected chi connectivity index (χ1v) is 9.34. The topological polar surface area (TPSA) is 49.4 Å². The second kappa shape index (κ2) is 6.55. The summed E-state index contributed by atoms with van der Waals surface area (Å²) < 4.78 is 26.8. The van der Waals surface area contributed by atoms with Crippen molar-refractivity contribution in [3.8, 4) is 0 Å². The summed E-state index contributed by atoms with van der Waals surface area (Å²) >= 11 is 0. The zero-order valence-corrected chi connectivity index (χ0v) is 13.1. The van der Waals surface area contributed by atoms with Crippen LogP contribution in [-0.4, -0.2) is 43.6 Å². The summed E-state index contributed by atoms with van der Waals surface area (Å²) in [6.45, 7) is 5.40. The van der Waals surface area contributed by atoms with E-state index >= 15 is 0 Å². The van der Waals surface area contributed by atoms with Crippen molar-refractivity contribution in [2.75, 3.05) is 18.8 Å². The second-order valence-electron chi connectivity index (χ2n) is 6.29. The highest BCUT2D eigenvalue weighted by molar-refractivity contribution is 7.89. The molecular weight excluding hydrogens is 260 g/mol. The molecule has 0 spiro atoms. The Hall–Kier alpha value is -0.130. The van der Waals surface area contributed by atoms with Crippen LogP contribution < -0.4 is 5.32 Å². The first kappa shape index (κ1) is 15.3. The average Bonchev–Trinajstić information content (AvgIpc) is 2.99. The first-order chi connectivity index (χ1) is 9.00. The predicted octanol–water partition coefficient (Wildman–Crippen LogP) is 1.97. The van der Waals surface area contributed by atoms with Crippen molar-refractivity contribution in [1.82, 2.24) is 9.62 Å². The molecule has 1 N–H and O–H groups in total. The molecule has 19 heavy (non-hydrogen) atoms. The van der Waals surface area contributed by atoms with E-state index in [0.29, 0.717) is 24.5 Å². The van der Waals surface area contributed by atoms with Gasteiger partial charge in [-0.15, -0.1) is 0 Å². The molecule has 2 aliphatic rings. The number of hydrogen-bond acceptors (Lipinski definition) is 3. The third-order valence-corrected chi connectivity index (χ3v) is 6.35. The Labute approximate surface area is 118 Å². The van der Waals surface area contributed by atoms with Crippen LogP contribution in [0.3, 0.4) is 0 Å². The largest absolute Gasteiger partial charge is 0.313 e. The Balaban J connectivity index is 1.94. The van der Waals surface area contributed by atoms with E-state index in [-0.39, 0.29) is 5.75 Å². The Kier molecular flexibility index (Phi) is 5.26. The van der Waals surface area contributed by atoms with E-state index in [1.165, 1.54) is 25.7 Å². The molecule has 1 saturated heterocycles. The van der Waals surface area contributed by atoms with E-state index in [9.17, 15) is 8.42 Å². The Morgan fingerprint density at radius 1 is 1.16 bits per heavy atom. The lowest BCUT2D eigenvalue weighted by molar-refractivity contribution is 0.288. The van der Waals surface area contributed by atoms with Crippen LogP contribution in [0, 0.1) is 5.92 Å².